The van der Waals surface area contributed by atoms with Crippen LogP contribution in [-0.4, -0.2) is 71.4 Å². The summed E-state index contributed by atoms with van der Waals surface area (Å²) in [6.07, 6.45) is 3.47. The molecule has 2 atom stereocenters. The molecule has 7 nitrogen and oxygen atoms in total. The number of carbonyl (C=O) groups excluding carboxylic acids is 1. The van der Waals surface area contributed by atoms with Crippen LogP contribution in [0.4, 0.5) is 4.79 Å². The Kier molecular flexibility index (Phi) is 8.44. The van der Waals surface area contributed by atoms with Crippen LogP contribution in [0.2, 0.25) is 0 Å². The molecule has 3 N–H and O–H groups in total. The number of amides is 1. The van der Waals surface area contributed by atoms with Crippen molar-refractivity contribution in [3.05, 3.63) is 0 Å². The predicted octanol–water partition coefficient (Wildman–Crippen LogP) is 2.41. The van der Waals surface area contributed by atoms with Gasteiger partial charge in [0.1, 0.15) is 5.60 Å². The highest BCUT2D eigenvalue weighted by Crippen LogP contribution is 2.36. The summed E-state index contributed by atoms with van der Waals surface area (Å²) in [6, 6.07) is 0. The molecule has 2 fully saturated rings. The quantitative estimate of drug-likeness (QED) is 0.359. The fourth-order valence-electron chi connectivity index (χ4n) is 3.37. The normalized spacial score (nSPS) is 27.7. The molecule has 0 aromatic carbocycles. The molecule has 1 saturated heterocycles. The van der Waals surface area contributed by atoms with Crippen LogP contribution < -0.4 is 5.73 Å². The number of hydrogen-bond donors (Lipinski definition) is 2. The van der Waals surface area contributed by atoms with Gasteiger partial charge in [-0.05, 0) is 33.6 Å². The zero-order valence-corrected chi connectivity index (χ0v) is 18.9. The molecule has 0 aromatic rings. The van der Waals surface area contributed by atoms with Gasteiger partial charge in [0, 0.05) is 31.6 Å². The number of nitrogens with zero attached hydrogens (tertiary/aromatic N) is 3. The summed E-state index contributed by atoms with van der Waals surface area (Å²) in [4.78, 5) is 20.4. The van der Waals surface area contributed by atoms with E-state index in [1.807, 2.05) is 25.7 Å². The average Bonchev–Trinajstić information content (AvgIpc) is 2.54. The average molecular weight is 482 g/mol. The summed E-state index contributed by atoms with van der Waals surface area (Å²) in [6.45, 7) is 10.7. The van der Waals surface area contributed by atoms with Crippen LogP contribution in [0.3, 0.4) is 0 Å². The Bertz CT molecular complexity index is 501. The topological polar surface area (TPSA) is 91.4 Å². The lowest BCUT2D eigenvalue weighted by Crippen LogP contribution is -2.53. The second kappa shape index (κ2) is 9.43. The Balaban J connectivity index is 0.00000338. The largest absolute Gasteiger partial charge is 0.444 e. The molecule has 0 radical (unpaired) electrons. The van der Waals surface area contributed by atoms with Gasteiger partial charge in [-0.15, -0.1) is 24.0 Å². The van der Waals surface area contributed by atoms with Crippen LogP contribution in [0.25, 0.3) is 0 Å². The maximum Gasteiger partial charge on any atom is 0.410 e. The van der Waals surface area contributed by atoms with Crippen molar-refractivity contribution in [2.75, 3.05) is 32.7 Å². The molecule has 1 aliphatic heterocycles. The summed E-state index contributed by atoms with van der Waals surface area (Å²) in [7, 11) is 0. The minimum Gasteiger partial charge on any atom is -0.444 e. The van der Waals surface area contributed by atoms with Gasteiger partial charge in [0.25, 0.3) is 0 Å². The first kappa shape index (κ1) is 23.3. The maximum atomic E-state index is 12.1. The van der Waals surface area contributed by atoms with Crippen molar-refractivity contribution in [3.63, 3.8) is 0 Å². The summed E-state index contributed by atoms with van der Waals surface area (Å²) < 4.78 is 5.40. The summed E-state index contributed by atoms with van der Waals surface area (Å²) in [5.74, 6) is 0.503. The first-order valence-corrected chi connectivity index (χ1v) is 9.32. The Hall–Kier alpha value is -0.770. The molecule has 0 aromatic heterocycles. The van der Waals surface area contributed by atoms with Gasteiger partial charge in [0.15, 0.2) is 5.96 Å². The predicted molar refractivity (Wildman–Crippen MR) is 114 cm³/mol. The SMILES string of the molecule is CC(C)(C)OC(=O)N1CCN(C(N)=NCC2(C)CCCCC2O)CC1.I. The van der Waals surface area contributed by atoms with Crippen molar-refractivity contribution in [1.29, 1.82) is 0 Å². The standard InChI is InChI=1S/C18H34N4O3.HI/c1-17(2,3)25-16(24)22-11-9-21(10-12-22)15(19)20-13-18(4)8-6-5-7-14(18)23;/h14,23H,5-13H2,1-4H3,(H2,19,20);1H. The van der Waals surface area contributed by atoms with Crippen molar-refractivity contribution in [1.82, 2.24) is 9.80 Å². The second-order valence-electron chi connectivity index (χ2n) is 8.54. The van der Waals surface area contributed by atoms with Gasteiger partial charge in [-0.1, -0.05) is 19.8 Å². The number of halogens is 1. The van der Waals surface area contributed by atoms with Crippen LogP contribution in [0.5, 0.6) is 0 Å². The van der Waals surface area contributed by atoms with Gasteiger partial charge in [-0.2, -0.15) is 0 Å². The van der Waals surface area contributed by atoms with E-state index in [4.69, 9.17) is 10.5 Å². The van der Waals surface area contributed by atoms with E-state index >= 15 is 0 Å². The zero-order valence-electron chi connectivity index (χ0n) is 16.5. The van der Waals surface area contributed by atoms with E-state index in [-0.39, 0.29) is 41.6 Å². The maximum absolute atomic E-state index is 12.1. The molecule has 1 amide bonds. The molecular formula is C18H35IN4O3. The highest BCUT2D eigenvalue weighted by molar-refractivity contribution is 14.0. The molecule has 2 aliphatic rings. The first-order valence-electron chi connectivity index (χ1n) is 9.32. The Morgan fingerprint density at radius 2 is 1.81 bits per heavy atom. The molecule has 152 valence electrons. The van der Waals surface area contributed by atoms with Gasteiger partial charge in [0.2, 0.25) is 0 Å². The number of rotatable bonds is 2. The fourth-order valence-corrected chi connectivity index (χ4v) is 3.37. The van der Waals surface area contributed by atoms with Gasteiger partial charge in [0.05, 0.1) is 12.6 Å². The Labute approximate surface area is 174 Å². The number of aliphatic hydroxyl groups is 1. The third-order valence-electron chi connectivity index (χ3n) is 5.14. The van der Waals surface area contributed by atoms with E-state index in [2.05, 4.69) is 11.9 Å². The number of hydrogen-bond acceptors (Lipinski definition) is 4. The van der Waals surface area contributed by atoms with E-state index < -0.39 is 5.60 Å². The third-order valence-corrected chi connectivity index (χ3v) is 5.14. The van der Waals surface area contributed by atoms with Crippen molar-refractivity contribution < 1.29 is 14.6 Å². The minimum atomic E-state index is -0.481. The van der Waals surface area contributed by atoms with Crippen LogP contribution in [0.1, 0.15) is 53.4 Å². The minimum absolute atomic E-state index is 0. The molecule has 0 spiro atoms. The molecule has 1 aliphatic carbocycles. The monoisotopic (exact) mass is 482 g/mol. The summed E-state index contributed by atoms with van der Waals surface area (Å²) in [5.41, 5.74) is 5.49. The Morgan fingerprint density at radius 1 is 1.23 bits per heavy atom. The highest BCUT2D eigenvalue weighted by Gasteiger charge is 2.35. The number of aliphatic hydroxyl groups excluding tert-OH is 1. The number of guanidine groups is 1. The van der Waals surface area contributed by atoms with Crippen LogP contribution >= 0.6 is 24.0 Å². The first-order chi connectivity index (χ1) is 11.6. The summed E-state index contributed by atoms with van der Waals surface area (Å²) in [5, 5.41) is 10.3. The molecule has 8 heteroatoms. The number of piperazine rings is 1. The molecular weight excluding hydrogens is 447 g/mol. The van der Waals surface area contributed by atoms with Crippen molar-refractivity contribution in [2.24, 2.45) is 16.1 Å². The highest BCUT2D eigenvalue weighted by atomic mass is 127. The lowest BCUT2D eigenvalue weighted by molar-refractivity contribution is 0.00681. The van der Waals surface area contributed by atoms with Crippen LogP contribution in [0, 0.1) is 5.41 Å². The van der Waals surface area contributed by atoms with Gasteiger partial charge < -0.3 is 25.4 Å². The molecule has 2 rings (SSSR count). The zero-order chi connectivity index (χ0) is 18.7. The van der Waals surface area contributed by atoms with E-state index in [0.717, 1.165) is 25.7 Å². The lowest BCUT2D eigenvalue weighted by atomic mass is 9.73. The van der Waals surface area contributed by atoms with Crippen molar-refractivity contribution >= 4 is 36.0 Å². The van der Waals surface area contributed by atoms with Crippen LogP contribution in [-0.2, 0) is 4.74 Å². The molecule has 2 unspecified atom stereocenters. The van der Waals surface area contributed by atoms with E-state index in [0.29, 0.717) is 38.7 Å². The van der Waals surface area contributed by atoms with E-state index in [9.17, 15) is 9.90 Å². The molecule has 1 heterocycles. The Morgan fingerprint density at radius 3 is 2.35 bits per heavy atom. The van der Waals surface area contributed by atoms with E-state index in [1.54, 1.807) is 4.90 Å². The number of ether oxygens (including phenoxy) is 1. The van der Waals surface area contributed by atoms with E-state index in [1.165, 1.54) is 0 Å². The fraction of sp³-hybridized carbons (Fsp3) is 0.889. The number of nitrogens with two attached hydrogens (primary N) is 1. The van der Waals surface area contributed by atoms with Crippen molar-refractivity contribution in [2.45, 2.75) is 65.1 Å². The molecule has 1 saturated carbocycles. The van der Waals surface area contributed by atoms with Gasteiger partial charge in [-0.3, -0.25) is 4.99 Å². The summed E-state index contributed by atoms with van der Waals surface area (Å²) >= 11 is 0. The molecule has 26 heavy (non-hydrogen) atoms. The lowest BCUT2D eigenvalue weighted by Gasteiger charge is -2.38. The van der Waals surface area contributed by atoms with Crippen molar-refractivity contribution in [3.8, 4) is 0 Å². The third kappa shape index (κ3) is 6.44. The second-order valence-corrected chi connectivity index (χ2v) is 8.54. The smallest absolute Gasteiger partial charge is 0.410 e. The number of carbonyl (C=O) groups is 1. The van der Waals surface area contributed by atoms with Gasteiger partial charge in [-0.25, -0.2) is 4.79 Å². The number of aliphatic imine (C=N–C) groups is 1. The van der Waals surface area contributed by atoms with Crippen LogP contribution in [0.15, 0.2) is 4.99 Å². The van der Waals surface area contributed by atoms with Gasteiger partial charge >= 0.3 is 6.09 Å². The molecule has 0 bridgehead atoms.